The van der Waals surface area contributed by atoms with Crippen LogP contribution >= 0.6 is 0 Å². The Morgan fingerprint density at radius 1 is 1.50 bits per heavy atom. The fourth-order valence-electron chi connectivity index (χ4n) is 1.44. The topological polar surface area (TPSA) is 116 Å². The first-order chi connectivity index (χ1) is 9.49. The van der Waals surface area contributed by atoms with Gasteiger partial charge >= 0.3 is 5.97 Å². The molecule has 0 aliphatic carbocycles. The van der Waals surface area contributed by atoms with E-state index in [1.165, 1.54) is 7.11 Å². The number of nitro groups is 1. The van der Waals surface area contributed by atoms with Crippen LogP contribution in [0.3, 0.4) is 0 Å². The maximum atomic E-state index is 10.9. The first kappa shape index (κ1) is 15.4. The molecular weight excluding hydrogens is 270 g/mol. The summed E-state index contributed by atoms with van der Waals surface area (Å²) in [5, 5.41) is 20.3. The van der Waals surface area contributed by atoms with Gasteiger partial charge in [0.2, 0.25) is 0 Å². The van der Waals surface area contributed by atoms with Crippen molar-refractivity contribution in [2.45, 2.75) is 12.8 Å². The van der Waals surface area contributed by atoms with E-state index < -0.39 is 16.6 Å². The van der Waals surface area contributed by atoms with Crippen molar-refractivity contribution in [2.24, 2.45) is 0 Å². The number of hydrogen-bond acceptors (Lipinski definition) is 7. The van der Waals surface area contributed by atoms with Gasteiger partial charge < -0.3 is 14.6 Å². The summed E-state index contributed by atoms with van der Waals surface area (Å²) in [6.07, 6.45) is 0.736. The van der Waals surface area contributed by atoms with E-state index >= 15 is 0 Å². The molecule has 0 amide bonds. The van der Waals surface area contributed by atoms with Crippen molar-refractivity contribution in [3.05, 3.63) is 27.8 Å². The standard InChI is InChI=1S/C12H13NO7/c1-19-12(16)3-2-4-20-11-6-9(13(17)18)8(7-14)5-10(11)15/h5-7,15H,2-4H2,1H3. The van der Waals surface area contributed by atoms with Crippen molar-refractivity contribution in [1.82, 2.24) is 0 Å². The van der Waals surface area contributed by atoms with E-state index in [1.807, 2.05) is 0 Å². The number of benzene rings is 1. The average Bonchev–Trinajstić information content (AvgIpc) is 2.43. The molecule has 8 nitrogen and oxygen atoms in total. The smallest absolute Gasteiger partial charge is 0.305 e. The Kier molecular flexibility index (Phi) is 5.45. The minimum absolute atomic E-state index is 0.0697. The van der Waals surface area contributed by atoms with Crippen molar-refractivity contribution >= 4 is 17.9 Å². The predicted molar refractivity (Wildman–Crippen MR) is 66.9 cm³/mol. The highest BCUT2D eigenvalue weighted by Gasteiger charge is 2.18. The summed E-state index contributed by atoms with van der Waals surface area (Å²) in [6.45, 7) is 0.0697. The molecule has 0 atom stereocenters. The summed E-state index contributed by atoms with van der Waals surface area (Å²) in [6, 6.07) is 1.93. The van der Waals surface area contributed by atoms with Crippen LogP contribution in [0.5, 0.6) is 11.5 Å². The Bertz CT molecular complexity index is 527. The van der Waals surface area contributed by atoms with Gasteiger partial charge in [-0.1, -0.05) is 0 Å². The highest BCUT2D eigenvalue weighted by atomic mass is 16.6. The molecule has 1 aromatic carbocycles. The number of ether oxygens (including phenoxy) is 2. The molecule has 108 valence electrons. The molecule has 0 aliphatic rings. The molecular formula is C12H13NO7. The van der Waals surface area contributed by atoms with Crippen LogP contribution in [0.25, 0.3) is 0 Å². The summed E-state index contributed by atoms with van der Waals surface area (Å²) in [4.78, 5) is 31.5. The monoisotopic (exact) mass is 283 g/mol. The van der Waals surface area contributed by atoms with Gasteiger partial charge in [0.15, 0.2) is 17.8 Å². The number of methoxy groups -OCH3 is 1. The lowest BCUT2D eigenvalue weighted by atomic mass is 10.1. The molecule has 0 radical (unpaired) electrons. The van der Waals surface area contributed by atoms with E-state index in [0.29, 0.717) is 6.42 Å². The number of carbonyl (C=O) groups is 2. The van der Waals surface area contributed by atoms with E-state index in [9.17, 15) is 24.8 Å². The fourth-order valence-corrected chi connectivity index (χ4v) is 1.44. The van der Waals surface area contributed by atoms with Crippen LogP contribution in [0.15, 0.2) is 12.1 Å². The van der Waals surface area contributed by atoms with Crippen molar-refractivity contribution in [2.75, 3.05) is 13.7 Å². The summed E-state index contributed by atoms with van der Waals surface area (Å²) in [7, 11) is 1.26. The molecule has 1 rings (SSSR count). The van der Waals surface area contributed by atoms with Crippen LogP contribution in [0, 0.1) is 10.1 Å². The normalized spacial score (nSPS) is 9.85. The van der Waals surface area contributed by atoms with Gasteiger partial charge in [-0.2, -0.15) is 0 Å². The van der Waals surface area contributed by atoms with Crippen LogP contribution in [0.4, 0.5) is 5.69 Å². The largest absolute Gasteiger partial charge is 0.504 e. The van der Waals surface area contributed by atoms with Crippen LogP contribution in [0.1, 0.15) is 23.2 Å². The fraction of sp³-hybridized carbons (Fsp3) is 0.333. The zero-order valence-corrected chi connectivity index (χ0v) is 10.7. The van der Waals surface area contributed by atoms with Crippen LogP contribution < -0.4 is 4.74 Å². The van der Waals surface area contributed by atoms with Crippen molar-refractivity contribution in [3.8, 4) is 11.5 Å². The van der Waals surface area contributed by atoms with Gasteiger partial charge in [-0.3, -0.25) is 19.7 Å². The molecule has 0 spiro atoms. The van der Waals surface area contributed by atoms with Gasteiger partial charge in [0.1, 0.15) is 0 Å². The summed E-state index contributed by atoms with van der Waals surface area (Å²) >= 11 is 0. The van der Waals surface area contributed by atoms with Crippen LogP contribution in [0.2, 0.25) is 0 Å². The van der Waals surface area contributed by atoms with Gasteiger partial charge in [-0.15, -0.1) is 0 Å². The molecule has 0 aliphatic heterocycles. The molecule has 0 heterocycles. The lowest BCUT2D eigenvalue weighted by Crippen LogP contribution is -2.05. The third kappa shape index (κ3) is 3.94. The second-order valence-corrected chi connectivity index (χ2v) is 3.78. The van der Waals surface area contributed by atoms with Crippen LogP contribution in [-0.4, -0.2) is 36.0 Å². The molecule has 0 aromatic heterocycles. The Hall–Kier alpha value is -2.64. The van der Waals surface area contributed by atoms with Gasteiger partial charge in [-0.25, -0.2) is 0 Å². The second kappa shape index (κ2) is 7.07. The Balaban J connectivity index is 2.75. The zero-order chi connectivity index (χ0) is 15.1. The number of phenolic OH excluding ortho intramolecular Hbond substituents is 1. The first-order valence-electron chi connectivity index (χ1n) is 5.65. The number of nitrogens with zero attached hydrogens (tertiary/aromatic N) is 1. The van der Waals surface area contributed by atoms with E-state index in [0.717, 1.165) is 12.1 Å². The summed E-state index contributed by atoms with van der Waals surface area (Å²) < 4.78 is 9.58. The molecule has 1 N–H and O–H groups in total. The number of esters is 1. The molecule has 1 aromatic rings. The molecule has 0 fully saturated rings. The van der Waals surface area contributed by atoms with Gasteiger partial charge in [0, 0.05) is 12.5 Å². The second-order valence-electron chi connectivity index (χ2n) is 3.78. The van der Waals surface area contributed by atoms with Crippen LogP contribution in [-0.2, 0) is 9.53 Å². The molecule has 0 unspecified atom stereocenters. The van der Waals surface area contributed by atoms with Gasteiger partial charge in [0.05, 0.1) is 30.3 Å². The predicted octanol–water partition coefficient (Wildman–Crippen LogP) is 1.44. The minimum Gasteiger partial charge on any atom is -0.504 e. The molecule has 20 heavy (non-hydrogen) atoms. The van der Waals surface area contributed by atoms with E-state index in [2.05, 4.69) is 4.74 Å². The molecule has 0 bridgehead atoms. The number of hydrogen-bond donors (Lipinski definition) is 1. The van der Waals surface area contributed by atoms with E-state index in [-0.39, 0.29) is 36.4 Å². The third-order valence-corrected chi connectivity index (χ3v) is 2.44. The highest BCUT2D eigenvalue weighted by Crippen LogP contribution is 2.33. The lowest BCUT2D eigenvalue weighted by molar-refractivity contribution is -0.385. The zero-order valence-electron chi connectivity index (χ0n) is 10.7. The molecule has 0 saturated heterocycles. The Labute approximate surface area is 114 Å². The average molecular weight is 283 g/mol. The number of nitro benzene ring substituents is 1. The molecule has 0 saturated carbocycles. The quantitative estimate of drug-likeness (QED) is 0.264. The maximum absolute atomic E-state index is 10.9. The SMILES string of the molecule is COC(=O)CCCOc1cc([N+](=O)[O-])c(C=O)cc1O. The highest BCUT2D eigenvalue weighted by molar-refractivity contribution is 5.83. The molecule has 8 heteroatoms. The van der Waals surface area contributed by atoms with Crippen molar-refractivity contribution in [1.29, 1.82) is 0 Å². The van der Waals surface area contributed by atoms with Crippen molar-refractivity contribution in [3.63, 3.8) is 0 Å². The number of phenols is 1. The lowest BCUT2D eigenvalue weighted by Gasteiger charge is -2.08. The maximum Gasteiger partial charge on any atom is 0.305 e. The van der Waals surface area contributed by atoms with E-state index in [4.69, 9.17) is 4.74 Å². The summed E-state index contributed by atoms with van der Waals surface area (Å²) in [5.74, 6) is -0.900. The minimum atomic E-state index is -0.746. The number of aromatic hydroxyl groups is 1. The number of aldehydes is 1. The third-order valence-electron chi connectivity index (χ3n) is 2.44. The Morgan fingerprint density at radius 2 is 2.20 bits per heavy atom. The van der Waals surface area contributed by atoms with Gasteiger partial charge in [0.25, 0.3) is 5.69 Å². The summed E-state index contributed by atoms with van der Waals surface area (Å²) in [5.41, 5.74) is -0.699. The Morgan fingerprint density at radius 3 is 2.75 bits per heavy atom. The number of carbonyl (C=O) groups excluding carboxylic acids is 2. The first-order valence-corrected chi connectivity index (χ1v) is 5.65. The van der Waals surface area contributed by atoms with Gasteiger partial charge in [-0.05, 0) is 6.42 Å². The number of rotatable bonds is 7. The van der Waals surface area contributed by atoms with E-state index in [1.54, 1.807) is 0 Å². The van der Waals surface area contributed by atoms with Crippen molar-refractivity contribution < 1.29 is 29.1 Å².